The Morgan fingerprint density at radius 1 is 1.18 bits per heavy atom. The third kappa shape index (κ3) is 2.52. The fourth-order valence-corrected chi connectivity index (χ4v) is 1.94. The van der Waals surface area contributed by atoms with Crippen molar-refractivity contribution < 1.29 is 19.0 Å². The second kappa shape index (κ2) is 4.53. The molecule has 1 aromatic rings. The van der Waals surface area contributed by atoms with E-state index < -0.39 is 12.3 Å². The molecule has 2 rings (SSSR count). The van der Waals surface area contributed by atoms with Crippen LogP contribution in [0.3, 0.4) is 0 Å². The number of rotatable bonds is 5. The average molecular weight is 240 g/mol. The van der Waals surface area contributed by atoms with Gasteiger partial charge in [-0.1, -0.05) is 0 Å². The molecule has 1 saturated carbocycles. The van der Waals surface area contributed by atoms with Gasteiger partial charge in [-0.25, -0.2) is 4.39 Å². The van der Waals surface area contributed by atoms with E-state index in [-0.39, 0.29) is 0 Å². The number of halogens is 1. The molecule has 0 radical (unpaired) electrons. The number of aliphatic hydroxyl groups is 1. The standard InChI is InChI=1S/C13H17FO3/c1-16-11-6-10(8-14)12(17-2)5-9(11)7-13(15)3-4-13/h5-6,15H,3-4,7-8H2,1-2H3. The first-order valence-electron chi connectivity index (χ1n) is 5.64. The molecule has 1 aromatic carbocycles. The van der Waals surface area contributed by atoms with E-state index in [0.717, 1.165) is 18.4 Å². The Morgan fingerprint density at radius 2 is 1.71 bits per heavy atom. The van der Waals surface area contributed by atoms with Gasteiger partial charge in [-0.3, -0.25) is 0 Å². The van der Waals surface area contributed by atoms with Crippen molar-refractivity contribution in [2.24, 2.45) is 0 Å². The molecule has 0 amide bonds. The summed E-state index contributed by atoms with van der Waals surface area (Å²) in [4.78, 5) is 0. The van der Waals surface area contributed by atoms with Crippen molar-refractivity contribution in [1.29, 1.82) is 0 Å². The number of hydrogen-bond acceptors (Lipinski definition) is 3. The van der Waals surface area contributed by atoms with Crippen LogP contribution in [0.4, 0.5) is 4.39 Å². The fraction of sp³-hybridized carbons (Fsp3) is 0.538. The van der Waals surface area contributed by atoms with Crippen molar-refractivity contribution in [2.75, 3.05) is 14.2 Å². The highest BCUT2D eigenvalue weighted by molar-refractivity contribution is 5.47. The minimum Gasteiger partial charge on any atom is -0.496 e. The summed E-state index contributed by atoms with van der Waals surface area (Å²) < 4.78 is 23.1. The third-order valence-corrected chi connectivity index (χ3v) is 3.17. The molecule has 0 spiro atoms. The maximum absolute atomic E-state index is 12.8. The lowest BCUT2D eigenvalue weighted by Gasteiger charge is -2.15. The molecule has 3 nitrogen and oxygen atoms in total. The first-order chi connectivity index (χ1) is 8.11. The van der Waals surface area contributed by atoms with Crippen LogP contribution in [-0.4, -0.2) is 24.9 Å². The Hall–Kier alpha value is -1.29. The molecule has 0 unspecified atom stereocenters. The quantitative estimate of drug-likeness (QED) is 0.857. The number of alkyl halides is 1. The molecule has 1 N–H and O–H groups in total. The smallest absolute Gasteiger partial charge is 0.125 e. The van der Waals surface area contributed by atoms with Crippen molar-refractivity contribution in [3.63, 3.8) is 0 Å². The van der Waals surface area contributed by atoms with Gasteiger partial charge in [-0.2, -0.15) is 0 Å². The van der Waals surface area contributed by atoms with Crippen molar-refractivity contribution in [1.82, 2.24) is 0 Å². The summed E-state index contributed by atoms with van der Waals surface area (Å²) in [5.41, 5.74) is 0.729. The average Bonchev–Trinajstić information content (AvgIpc) is 3.06. The van der Waals surface area contributed by atoms with Crippen LogP contribution in [0, 0.1) is 0 Å². The second-order valence-electron chi connectivity index (χ2n) is 4.51. The summed E-state index contributed by atoms with van der Waals surface area (Å²) >= 11 is 0. The van der Waals surface area contributed by atoms with Crippen molar-refractivity contribution in [3.8, 4) is 11.5 Å². The first kappa shape index (κ1) is 12.2. The Bertz CT molecular complexity index is 413. The van der Waals surface area contributed by atoms with Gasteiger partial charge in [0.2, 0.25) is 0 Å². The van der Waals surface area contributed by atoms with Crippen LogP contribution in [0.5, 0.6) is 11.5 Å². The Kier molecular flexibility index (Phi) is 3.24. The zero-order valence-corrected chi connectivity index (χ0v) is 10.1. The largest absolute Gasteiger partial charge is 0.496 e. The molecule has 94 valence electrons. The highest BCUT2D eigenvalue weighted by atomic mass is 19.1. The topological polar surface area (TPSA) is 38.7 Å². The van der Waals surface area contributed by atoms with Gasteiger partial charge in [-0.05, 0) is 25.0 Å². The van der Waals surface area contributed by atoms with E-state index in [1.54, 1.807) is 19.2 Å². The summed E-state index contributed by atoms with van der Waals surface area (Å²) in [5.74, 6) is 1.12. The summed E-state index contributed by atoms with van der Waals surface area (Å²) in [6, 6.07) is 3.39. The maximum atomic E-state index is 12.8. The fourth-order valence-electron chi connectivity index (χ4n) is 1.94. The Labute approximate surface area is 100 Å². The molecule has 4 heteroatoms. The van der Waals surface area contributed by atoms with E-state index in [0.29, 0.717) is 23.5 Å². The lowest BCUT2D eigenvalue weighted by Crippen LogP contribution is -2.12. The predicted molar refractivity (Wildman–Crippen MR) is 62.2 cm³/mol. The van der Waals surface area contributed by atoms with Gasteiger partial charge < -0.3 is 14.6 Å². The van der Waals surface area contributed by atoms with Crippen LogP contribution in [0.15, 0.2) is 12.1 Å². The lowest BCUT2D eigenvalue weighted by molar-refractivity contribution is 0.150. The molecule has 1 aliphatic carbocycles. The molecule has 17 heavy (non-hydrogen) atoms. The van der Waals surface area contributed by atoms with Crippen LogP contribution in [0.25, 0.3) is 0 Å². The zero-order valence-electron chi connectivity index (χ0n) is 10.1. The summed E-state index contributed by atoms with van der Waals surface area (Å²) in [7, 11) is 3.06. The van der Waals surface area contributed by atoms with Gasteiger partial charge in [0.05, 0.1) is 19.8 Å². The maximum Gasteiger partial charge on any atom is 0.125 e. The molecule has 0 bridgehead atoms. The number of methoxy groups -OCH3 is 2. The van der Waals surface area contributed by atoms with E-state index in [2.05, 4.69) is 0 Å². The molecule has 1 aliphatic rings. The highest BCUT2D eigenvalue weighted by Gasteiger charge is 2.41. The van der Waals surface area contributed by atoms with Crippen LogP contribution in [-0.2, 0) is 13.1 Å². The normalized spacial score (nSPS) is 16.7. The van der Waals surface area contributed by atoms with E-state index in [1.165, 1.54) is 7.11 Å². The van der Waals surface area contributed by atoms with E-state index >= 15 is 0 Å². The highest BCUT2D eigenvalue weighted by Crippen LogP contribution is 2.41. The van der Waals surface area contributed by atoms with Crippen LogP contribution < -0.4 is 9.47 Å². The van der Waals surface area contributed by atoms with E-state index in [4.69, 9.17) is 9.47 Å². The SMILES string of the molecule is COc1cc(CC2(O)CC2)c(OC)cc1CF. The van der Waals surface area contributed by atoms with Gasteiger partial charge in [0.1, 0.15) is 18.2 Å². The summed E-state index contributed by atoms with van der Waals surface area (Å²) in [6.45, 7) is -0.593. The van der Waals surface area contributed by atoms with Gasteiger partial charge >= 0.3 is 0 Å². The van der Waals surface area contributed by atoms with Crippen LogP contribution >= 0.6 is 0 Å². The molecule has 0 saturated heterocycles. The third-order valence-electron chi connectivity index (χ3n) is 3.17. The van der Waals surface area contributed by atoms with Gasteiger partial charge in [0.25, 0.3) is 0 Å². The van der Waals surface area contributed by atoms with Crippen molar-refractivity contribution in [3.05, 3.63) is 23.3 Å². The first-order valence-corrected chi connectivity index (χ1v) is 5.64. The van der Waals surface area contributed by atoms with E-state index in [9.17, 15) is 9.50 Å². The molecule has 0 heterocycles. The molecule has 1 fully saturated rings. The number of hydrogen-bond donors (Lipinski definition) is 1. The molecular formula is C13H17FO3. The van der Waals surface area contributed by atoms with Gasteiger partial charge in [-0.15, -0.1) is 0 Å². The van der Waals surface area contributed by atoms with Gasteiger partial charge in [0, 0.05) is 17.5 Å². The van der Waals surface area contributed by atoms with Crippen LogP contribution in [0.2, 0.25) is 0 Å². The minimum absolute atomic E-state index is 0.468. The summed E-state index contributed by atoms with van der Waals surface area (Å²) in [5, 5.41) is 9.92. The van der Waals surface area contributed by atoms with Crippen molar-refractivity contribution in [2.45, 2.75) is 31.5 Å². The lowest BCUT2D eigenvalue weighted by atomic mass is 10.0. The van der Waals surface area contributed by atoms with E-state index in [1.807, 2.05) is 0 Å². The molecule has 0 atom stereocenters. The zero-order chi connectivity index (χ0) is 12.5. The molecule has 0 aromatic heterocycles. The number of benzene rings is 1. The minimum atomic E-state index is -0.602. The predicted octanol–water partition coefficient (Wildman–Crippen LogP) is 2.24. The number of ether oxygens (including phenoxy) is 2. The second-order valence-corrected chi connectivity index (χ2v) is 4.51. The summed E-state index contributed by atoms with van der Waals surface area (Å²) in [6.07, 6.45) is 2.14. The Balaban J connectivity index is 2.35. The monoisotopic (exact) mass is 240 g/mol. The van der Waals surface area contributed by atoms with Crippen molar-refractivity contribution >= 4 is 0 Å². The Morgan fingerprint density at radius 3 is 2.18 bits per heavy atom. The van der Waals surface area contributed by atoms with Gasteiger partial charge in [0.15, 0.2) is 0 Å². The van der Waals surface area contributed by atoms with Crippen LogP contribution in [0.1, 0.15) is 24.0 Å². The molecule has 0 aliphatic heterocycles. The molecular weight excluding hydrogens is 223 g/mol.